The molecule has 0 aromatic heterocycles. The molecule has 1 fully saturated rings. The highest BCUT2D eigenvalue weighted by molar-refractivity contribution is 4.66. The van der Waals surface area contributed by atoms with E-state index < -0.39 is 0 Å². The number of ether oxygens (including phenoxy) is 3. The average molecular weight is 230 g/mol. The summed E-state index contributed by atoms with van der Waals surface area (Å²) in [5, 5.41) is 0. The molecule has 96 valence electrons. The Balaban J connectivity index is 2.09. The second kappa shape index (κ2) is 8.97. The first-order chi connectivity index (χ1) is 7.86. The van der Waals surface area contributed by atoms with Crippen LogP contribution in [0.3, 0.4) is 0 Å². The maximum absolute atomic E-state index is 5.80. The fourth-order valence-electron chi connectivity index (χ4n) is 1.75. The zero-order chi connectivity index (χ0) is 11.6. The minimum Gasteiger partial charge on any atom is -0.378 e. The second-order valence-corrected chi connectivity index (χ2v) is 4.40. The maximum atomic E-state index is 5.80. The Bertz CT molecular complexity index is 145. The van der Waals surface area contributed by atoms with Gasteiger partial charge < -0.3 is 14.2 Å². The zero-order valence-corrected chi connectivity index (χ0v) is 10.7. The smallest absolute Gasteiger partial charge is 0.160 e. The van der Waals surface area contributed by atoms with Gasteiger partial charge in [-0.1, -0.05) is 26.7 Å². The standard InChI is InChI=1S/C13H26O3/c1-3-5-8-14-12-7-10-16-13(11-12)15-9-6-4-2/h12-13H,3-11H2,1-2H3/t12-,13+/m1/s1. The molecular formula is C13H26O3. The Morgan fingerprint density at radius 1 is 1.06 bits per heavy atom. The molecule has 16 heavy (non-hydrogen) atoms. The Hall–Kier alpha value is -0.120. The van der Waals surface area contributed by atoms with Crippen molar-refractivity contribution in [1.82, 2.24) is 0 Å². The van der Waals surface area contributed by atoms with Gasteiger partial charge in [-0.2, -0.15) is 0 Å². The van der Waals surface area contributed by atoms with Crippen molar-refractivity contribution in [2.45, 2.75) is 64.8 Å². The van der Waals surface area contributed by atoms with Crippen molar-refractivity contribution >= 4 is 0 Å². The van der Waals surface area contributed by atoms with E-state index in [0.717, 1.165) is 45.5 Å². The van der Waals surface area contributed by atoms with E-state index >= 15 is 0 Å². The van der Waals surface area contributed by atoms with Crippen LogP contribution in [0.15, 0.2) is 0 Å². The highest BCUT2D eigenvalue weighted by atomic mass is 16.7. The third-order valence-corrected chi connectivity index (χ3v) is 2.85. The van der Waals surface area contributed by atoms with E-state index in [1.54, 1.807) is 0 Å². The van der Waals surface area contributed by atoms with Crippen molar-refractivity contribution in [3.8, 4) is 0 Å². The molecule has 0 amide bonds. The summed E-state index contributed by atoms with van der Waals surface area (Å²) >= 11 is 0. The van der Waals surface area contributed by atoms with E-state index in [2.05, 4.69) is 13.8 Å². The summed E-state index contributed by atoms with van der Waals surface area (Å²) in [5.74, 6) is 0. The second-order valence-electron chi connectivity index (χ2n) is 4.40. The molecule has 0 aromatic carbocycles. The molecule has 1 heterocycles. The summed E-state index contributed by atoms with van der Waals surface area (Å²) in [6.45, 7) is 6.81. The average Bonchev–Trinajstić information content (AvgIpc) is 2.30. The van der Waals surface area contributed by atoms with Crippen molar-refractivity contribution in [3.63, 3.8) is 0 Å². The fourth-order valence-corrected chi connectivity index (χ4v) is 1.75. The van der Waals surface area contributed by atoms with Crippen LogP contribution in [0.4, 0.5) is 0 Å². The molecule has 3 heteroatoms. The van der Waals surface area contributed by atoms with Crippen LogP contribution in [0.25, 0.3) is 0 Å². The number of unbranched alkanes of at least 4 members (excludes halogenated alkanes) is 2. The van der Waals surface area contributed by atoms with Crippen molar-refractivity contribution in [2.75, 3.05) is 19.8 Å². The largest absolute Gasteiger partial charge is 0.378 e. The van der Waals surface area contributed by atoms with Gasteiger partial charge in [-0.25, -0.2) is 0 Å². The van der Waals surface area contributed by atoms with Gasteiger partial charge in [-0.15, -0.1) is 0 Å². The lowest BCUT2D eigenvalue weighted by molar-refractivity contribution is -0.192. The molecule has 0 radical (unpaired) electrons. The van der Waals surface area contributed by atoms with Crippen LogP contribution in [-0.2, 0) is 14.2 Å². The highest BCUT2D eigenvalue weighted by Crippen LogP contribution is 2.18. The highest BCUT2D eigenvalue weighted by Gasteiger charge is 2.23. The Kier molecular flexibility index (Phi) is 7.81. The molecule has 0 aromatic rings. The maximum Gasteiger partial charge on any atom is 0.160 e. The molecule has 0 unspecified atom stereocenters. The molecule has 3 nitrogen and oxygen atoms in total. The van der Waals surface area contributed by atoms with Gasteiger partial charge >= 0.3 is 0 Å². The first-order valence-corrected chi connectivity index (χ1v) is 6.71. The van der Waals surface area contributed by atoms with Crippen molar-refractivity contribution in [1.29, 1.82) is 0 Å². The van der Waals surface area contributed by atoms with Crippen LogP contribution in [0.5, 0.6) is 0 Å². The Morgan fingerprint density at radius 3 is 2.44 bits per heavy atom. The van der Waals surface area contributed by atoms with Gasteiger partial charge in [0, 0.05) is 19.6 Å². The summed E-state index contributed by atoms with van der Waals surface area (Å²) in [6.07, 6.45) is 6.84. The summed E-state index contributed by atoms with van der Waals surface area (Å²) in [7, 11) is 0. The van der Waals surface area contributed by atoms with Gasteiger partial charge in [-0.3, -0.25) is 0 Å². The molecular weight excluding hydrogens is 204 g/mol. The van der Waals surface area contributed by atoms with Crippen molar-refractivity contribution in [2.24, 2.45) is 0 Å². The normalized spacial score (nSPS) is 25.9. The number of rotatable bonds is 8. The van der Waals surface area contributed by atoms with Crippen molar-refractivity contribution in [3.05, 3.63) is 0 Å². The summed E-state index contributed by atoms with van der Waals surface area (Å²) < 4.78 is 17.0. The SMILES string of the molecule is CCCCO[C@@H]1CCO[C@H](OCCCC)C1. The van der Waals surface area contributed by atoms with Gasteiger partial charge in [0.15, 0.2) is 6.29 Å². The van der Waals surface area contributed by atoms with Crippen LogP contribution in [-0.4, -0.2) is 32.2 Å². The molecule has 1 aliphatic rings. The van der Waals surface area contributed by atoms with E-state index in [-0.39, 0.29) is 6.29 Å². The molecule has 0 saturated carbocycles. The Morgan fingerprint density at radius 2 is 1.75 bits per heavy atom. The third-order valence-electron chi connectivity index (χ3n) is 2.85. The lowest BCUT2D eigenvalue weighted by Gasteiger charge is -2.29. The first-order valence-electron chi connectivity index (χ1n) is 6.71. The topological polar surface area (TPSA) is 27.7 Å². The molecule has 1 aliphatic heterocycles. The van der Waals surface area contributed by atoms with Crippen LogP contribution >= 0.6 is 0 Å². The van der Waals surface area contributed by atoms with E-state index in [9.17, 15) is 0 Å². The lowest BCUT2D eigenvalue weighted by atomic mass is 10.1. The van der Waals surface area contributed by atoms with Gasteiger partial charge in [0.1, 0.15) is 0 Å². The monoisotopic (exact) mass is 230 g/mol. The third kappa shape index (κ3) is 5.83. The predicted molar refractivity (Wildman–Crippen MR) is 64.5 cm³/mol. The molecule has 1 rings (SSSR count). The van der Waals surface area contributed by atoms with E-state index in [1.807, 2.05) is 0 Å². The Labute approximate surface area is 99.5 Å². The zero-order valence-electron chi connectivity index (χ0n) is 10.7. The van der Waals surface area contributed by atoms with E-state index in [4.69, 9.17) is 14.2 Å². The predicted octanol–water partition coefficient (Wildman–Crippen LogP) is 3.12. The first kappa shape index (κ1) is 13.9. The molecule has 0 N–H and O–H groups in total. The quantitative estimate of drug-likeness (QED) is 0.600. The number of hydrogen-bond donors (Lipinski definition) is 0. The van der Waals surface area contributed by atoms with Crippen LogP contribution in [0.2, 0.25) is 0 Å². The summed E-state index contributed by atoms with van der Waals surface area (Å²) in [5.41, 5.74) is 0. The molecule has 1 saturated heterocycles. The van der Waals surface area contributed by atoms with Gasteiger partial charge in [-0.05, 0) is 19.3 Å². The number of hydrogen-bond acceptors (Lipinski definition) is 3. The summed E-state index contributed by atoms with van der Waals surface area (Å²) in [4.78, 5) is 0. The molecule has 0 bridgehead atoms. The summed E-state index contributed by atoms with van der Waals surface area (Å²) in [6, 6.07) is 0. The van der Waals surface area contributed by atoms with Gasteiger partial charge in [0.2, 0.25) is 0 Å². The van der Waals surface area contributed by atoms with Crippen molar-refractivity contribution < 1.29 is 14.2 Å². The van der Waals surface area contributed by atoms with Gasteiger partial charge in [0.25, 0.3) is 0 Å². The van der Waals surface area contributed by atoms with Crippen LogP contribution in [0, 0.1) is 0 Å². The molecule has 0 aliphatic carbocycles. The minimum absolute atomic E-state index is 0.0353. The van der Waals surface area contributed by atoms with Crippen LogP contribution < -0.4 is 0 Å². The fraction of sp³-hybridized carbons (Fsp3) is 1.00. The van der Waals surface area contributed by atoms with Gasteiger partial charge in [0.05, 0.1) is 12.7 Å². The van der Waals surface area contributed by atoms with Crippen LogP contribution in [0.1, 0.15) is 52.4 Å². The molecule has 2 atom stereocenters. The molecule has 0 spiro atoms. The van der Waals surface area contributed by atoms with E-state index in [0.29, 0.717) is 6.10 Å². The lowest BCUT2D eigenvalue weighted by Crippen LogP contribution is -2.33. The van der Waals surface area contributed by atoms with E-state index in [1.165, 1.54) is 12.8 Å². The minimum atomic E-state index is -0.0353.